The number of primary amides is 1. The van der Waals surface area contributed by atoms with Gasteiger partial charge in [0, 0.05) is 29.8 Å². The summed E-state index contributed by atoms with van der Waals surface area (Å²) in [7, 11) is 0. The summed E-state index contributed by atoms with van der Waals surface area (Å²) in [5, 5.41) is 9.58. The molecule has 0 spiro atoms. The Bertz CT molecular complexity index is 933. The topological polar surface area (TPSA) is 143 Å². The molecule has 0 radical (unpaired) electrons. The molecule has 0 unspecified atom stereocenters. The molecule has 3 amide bonds. The maximum absolute atomic E-state index is 12.8. The molecular formula is C18H19N4NaO6S. The van der Waals surface area contributed by atoms with E-state index >= 15 is 0 Å². The molecule has 12 heteroatoms. The number of hydrogen-bond acceptors (Lipinski definition) is 7. The van der Waals surface area contributed by atoms with Crippen LogP contribution in [0.2, 0.25) is 0 Å². The quantitative estimate of drug-likeness (QED) is 0.273. The molecule has 10 nitrogen and oxygen atoms in total. The van der Waals surface area contributed by atoms with Crippen LogP contribution in [0.3, 0.4) is 0 Å². The van der Waals surface area contributed by atoms with Crippen LogP contribution < -0.4 is 35.3 Å². The first-order valence-corrected chi connectivity index (χ1v) is 9.90. The van der Waals surface area contributed by atoms with Gasteiger partial charge in [-0.2, -0.15) is 0 Å². The van der Waals surface area contributed by atoms with E-state index in [2.05, 4.69) is 4.98 Å². The van der Waals surface area contributed by atoms with Crippen LogP contribution in [0, 0.1) is 5.92 Å². The molecular weight excluding hydrogens is 423 g/mol. The zero-order valence-electron chi connectivity index (χ0n) is 17.2. The van der Waals surface area contributed by atoms with Gasteiger partial charge in [0.05, 0.1) is 11.8 Å². The summed E-state index contributed by atoms with van der Waals surface area (Å²) < 4.78 is 4.76. The van der Waals surface area contributed by atoms with Gasteiger partial charge in [0.2, 0.25) is 5.91 Å². The third-order valence-corrected chi connectivity index (χ3v) is 6.37. The molecule has 30 heavy (non-hydrogen) atoms. The summed E-state index contributed by atoms with van der Waals surface area (Å²) in [6, 6.07) is 2.59. The molecule has 2 fully saturated rings. The molecule has 0 aliphatic carbocycles. The number of aliphatic carboxylic acids is 1. The summed E-state index contributed by atoms with van der Waals surface area (Å²) in [6.07, 6.45) is 2.58. The number of nitrogens with two attached hydrogens (primary N) is 1. The molecule has 3 atom stereocenters. The Hall–Kier alpha value is -2.08. The van der Waals surface area contributed by atoms with Gasteiger partial charge in [-0.3, -0.25) is 19.5 Å². The molecule has 1 aromatic heterocycles. The number of ether oxygens (including phenoxy) is 1. The molecule has 3 aliphatic heterocycles. The van der Waals surface area contributed by atoms with Crippen LogP contribution in [0.15, 0.2) is 40.7 Å². The number of carbonyl (C=O) groups is 4. The van der Waals surface area contributed by atoms with Crippen LogP contribution >= 0.6 is 11.8 Å². The Balaban J connectivity index is 0.00000171. The van der Waals surface area contributed by atoms with E-state index in [-0.39, 0.29) is 66.9 Å². The van der Waals surface area contributed by atoms with Gasteiger partial charge in [-0.15, -0.1) is 11.8 Å². The van der Waals surface area contributed by atoms with Crippen molar-refractivity contribution in [3.63, 3.8) is 0 Å². The van der Waals surface area contributed by atoms with E-state index in [1.807, 2.05) is 0 Å². The number of nitrogens with zero attached hydrogens (tertiary/aromatic N) is 3. The second-order valence-electron chi connectivity index (χ2n) is 6.99. The standard InChI is InChI=1S/C18H18N4O6S.Na.H/c19-18(27)28-7-10-5-9-6-21(12(23)8-29-11-1-3-20-4-2-11)15-13(9)22(16(15)24)14(10)17(25)26;;/h1-4,9,13,15H,5-8H2,(H2,19,27)(H,25,26);;/q;+1;-1/t9-,13-,15+;;/m1../s1. The SMILES string of the molecule is NC(=O)OCC1=C(C(=O)O)N2C(=O)[C@@H]3[C@H]2[C@H](C1)CN3C(=O)CSc1ccncc1.[H-].[Na+]. The number of pyridine rings is 1. The maximum Gasteiger partial charge on any atom is 1.00 e. The number of aromatic nitrogens is 1. The predicted molar refractivity (Wildman–Crippen MR) is 101 cm³/mol. The van der Waals surface area contributed by atoms with Crippen molar-refractivity contribution in [2.24, 2.45) is 11.7 Å². The van der Waals surface area contributed by atoms with Gasteiger partial charge in [0.25, 0.3) is 5.91 Å². The second-order valence-corrected chi connectivity index (χ2v) is 8.04. The number of β-lactam (4-membered cyclic amide) rings is 1. The van der Waals surface area contributed by atoms with Gasteiger partial charge < -0.3 is 21.9 Å². The van der Waals surface area contributed by atoms with Crippen LogP contribution in [0.5, 0.6) is 0 Å². The molecule has 0 bridgehead atoms. The first-order valence-electron chi connectivity index (χ1n) is 8.91. The molecule has 154 valence electrons. The number of amides is 3. The number of carbonyl (C=O) groups excluding carboxylic acids is 3. The molecule has 1 aromatic rings. The zero-order valence-corrected chi connectivity index (χ0v) is 19.0. The maximum atomic E-state index is 12.8. The van der Waals surface area contributed by atoms with E-state index in [9.17, 15) is 24.3 Å². The minimum absolute atomic E-state index is 0. The van der Waals surface area contributed by atoms with Gasteiger partial charge in [-0.05, 0) is 24.1 Å². The van der Waals surface area contributed by atoms with Crippen molar-refractivity contribution in [2.45, 2.75) is 23.4 Å². The van der Waals surface area contributed by atoms with Crippen molar-refractivity contribution < 1.29 is 60.0 Å². The van der Waals surface area contributed by atoms with Crippen LogP contribution in [-0.2, 0) is 19.1 Å². The average molecular weight is 442 g/mol. The van der Waals surface area contributed by atoms with Crippen molar-refractivity contribution in [3.05, 3.63) is 35.8 Å². The largest absolute Gasteiger partial charge is 1.00 e. The van der Waals surface area contributed by atoms with E-state index in [4.69, 9.17) is 10.5 Å². The normalized spacial score (nSPS) is 24.0. The van der Waals surface area contributed by atoms with Gasteiger partial charge in [0.15, 0.2) is 0 Å². The van der Waals surface area contributed by atoms with Gasteiger partial charge in [-0.1, -0.05) is 0 Å². The van der Waals surface area contributed by atoms with Crippen LogP contribution in [0.1, 0.15) is 7.85 Å². The molecule has 0 aromatic carbocycles. The summed E-state index contributed by atoms with van der Waals surface area (Å²) in [4.78, 5) is 55.7. The van der Waals surface area contributed by atoms with Gasteiger partial charge in [0.1, 0.15) is 18.3 Å². The molecule has 2 saturated heterocycles. The van der Waals surface area contributed by atoms with E-state index < -0.39 is 24.0 Å². The van der Waals surface area contributed by atoms with E-state index in [0.717, 1.165) is 4.90 Å². The fraction of sp³-hybridized carbons (Fsp3) is 0.389. The molecule has 4 heterocycles. The predicted octanol–water partition coefficient (Wildman–Crippen LogP) is -2.83. The number of hydrogen-bond donors (Lipinski definition) is 2. The Morgan fingerprint density at radius 2 is 2.03 bits per heavy atom. The van der Waals surface area contributed by atoms with Crippen molar-refractivity contribution in [3.8, 4) is 0 Å². The molecule has 3 aliphatic rings. The summed E-state index contributed by atoms with van der Waals surface area (Å²) in [5.41, 5.74) is 5.13. The second kappa shape index (κ2) is 8.96. The first kappa shape index (κ1) is 22.6. The smallest absolute Gasteiger partial charge is 1.00 e. The number of likely N-dealkylation sites (tertiary alicyclic amines) is 1. The fourth-order valence-electron chi connectivity index (χ4n) is 4.24. The van der Waals surface area contributed by atoms with E-state index in [1.54, 1.807) is 29.4 Å². The van der Waals surface area contributed by atoms with Crippen molar-refractivity contribution in [1.29, 1.82) is 0 Å². The number of carboxylic acids is 1. The van der Waals surface area contributed by atoms with Gasteiger partial charge >= 0.3 is 41.6 Å². The Morgan fingerprint density at radius 3 is 2.67 bits per heavy atom. The van der Waals surface area contributed by atoms with Crippen LogP contribution in [-0.4, -0.2) is 74.8 Å². The Labute approximate surface area is 199 Å². The Morgan fingerprint density at radius 1 is 1.33 bits per heavy atom. The van der Waals surface area contributed by atoms with Crippen molar-refractivity contribution >= 4 is 35.6 Å². The minimum Gasteiger partial charge on any atom is -1.00 e. The monoisotopic (exact) mass is 442 g/mol. The fourth-order valence-corrected chi connectivity index (χ4v) is 5.01. The van der Waals surface area contributed by atoms with Gasteiger partial charge in [-0.25, -0.2) is 9.59 Å². The molecule has 0 saturated carbocycles. The molecule has 3 N–H and O–H groups in total. The average Bonchev–Trinajstić information content (AvgIpc) is 3.06. The van der Waals surface area contributed by atoms with E-state index in [0.29, 0.717) is 18.5 Å². The summed E-state index contributed by atoms with van der Waals surface area (Å²) >= 11 is 1.35. The number of rotatable bonds is 6. The van der Waals surface area contributed by atoms with Crippen molar-refractivity contribution in [2.75, 3.05) is 18.9 Å². The summed E-state index contributed by atoms with van der Waals surface area (Å²) in [5.74, 6) is -1.80. The number of thioether (sulfide) groups is 1. The Kier molecular flexibility index (Phi) is 6.75. The summed E-state index contributed by atoms with van der Waals surface area (Å²) in [6.45, 7) is 0.0563. The third kappa shape index (κ3) is 3.94. The van der Waals surface area contributed by atoms with Crippen LogP contribution in [0.4, 0.5) is 4.79 Å². The first-order chi connectivity index (χ1) is 13.9. The van der Waals surface area contributed by atoms with Crippen molar-refractivity contribution in [1.82, 2.24) is 14.8 Å². The molecule has 4 rings (SSSR count). The zero-order chi connectivity index (χ0) is 20.7. The minimum atomic E-state index is -1.27. The van der Waals surface area contributed by atoms with E-state index in [1.165, 1.54) is 16.7 Å². The number of carboxylic acid groups (broad SMARTS) is 1. The van der Waals surface area contributed by atoms with Crippen LogP contribution in [0.25, 0.3) is 0 Å². The third-order valence-electron chi connectivity index (χ3n) is 5.37.